The highest BCUT2D eigenvalue weighted by molar-refractivity contribution is 7.90. The van der Waals surface area contributed by atoms with E-state index >= 15 is 0 Å². The number of amides is 1. The molecule has 11 heteroatoms. The first kappa shape index (κ1) is 22.4. The van der Waals surface area contributed by atoms with Crippen molar-refractivity contribution in [1.29, 1.82) is 0 Å². The van der Waals surface area contributed by atoms with Crippen molar-refractivity contribution in [2.75, 3.05) is 40.3 Å². The van der Waals surface area contributed by atoms with Gasteiger partial charge in [-0.3, -0.25) is 9.36 Å². The number of nitrogens with zero attached hydrogens (tertiary/aromatic N) is 4. The standard InChI is InChI=1S/C21H23ClN4O5S/c1-23-9-11-24(12-10-23)20(27)14-25-19-13-15(22)3-8-18(19)26(21(25)28)32(29,30)17-6-4-16(31-2)5-7-17/h3-8,13H,9-12,14H2,1-2H3. The van der Waals surface area contributed by atoms with Crippen molar-refractivity contribution in [2.45, 2.75) is 11.4 Å². The molecule has 1 amide bonds. The summed E-state index contributed by atoms with van der Waals surface area (Å²) < 4.78 is 33.7. The number of benzene rings is 2. The molecular weight excluding hydrogens is 456 g/mol. The SMILES string of the molecule is COc1ccc(S(=O)(=O)n2c(=O)n(CC(=O)N3CCN(C)CC3)c3cc(Cl)ccc32)cc1. The Morgan fingerprint density at radius 1 is 1.03 bits per heavy atom. The van der Waals surface area contributed by atoms with Gasteiger partial charge in [-0.05, 0) is 49.5 Å². The summed E-state index contributed by atoms with van der Waals surface area (Å²) in [6, 6.07) is 10.2. The lowest BCUT2D eigenvalue weighted by Crippen LogP contribution is -2.48. The molecule has 1 aliphatic heterocycles. The second-order valence-electron chi connectivity index (χ2n) is 7.63. The Bertz CT molecular complexity index is 1320. The van der Waals surface area contributed by atoms with Gasteiger partial charge in [-0.25, -0.2) is 13.2 Å². The number of rotatable bonds is 5. The Hall–Kier alpha value is -2.82. The molecule has 1 aliphatic rings. The Morgan fingerprint density at radius 3 is 2.31 bits per heavy atom. The van der Waals surface area contributed by atoms with E-state index in [9.17, 15) is 18.0 Å². The number of carbonyl (C=O) groups is 1. The summed E-state index contributed by atoms with van der Waals surface area (Å²) in [6.45, 7) is 2.30. The summed E-state index contributed by atoms with van der Waals surface area (Å²) >= 11 is 6.13. The number of aromatic nitrogens is 2. The lowest BCUT2D eigenvalue weighted by atomic mass is 10.3. The maximum atomic E-state index is 13.4. The van der Waals surface area contributed by atoms with Crippen LogP contribution >= 0.6 is 11.6 Å². The molecule has 3 aromatic rings. The highest BCUT2D eigenvalue weighted by Crippen LogP contribution is 2.24. The average molecular weight is 479 g/mol. The van der Waals surface area contributed by atoms with Gasteiger partial charge in [-0.2, -0.15) is 3.97 Å². The maximum absolute atomic E-state index is 13.4. The van der Waals surface area contributed by atoms with Crippen molar-refractivity contribution < 1.29 is 17.9 Å². The third kappa shape index (κ3) is 4.01. The molecular formula is C21H23ClN4O5S. The molecule has 0 N–H and O–H groups in total. The minimum atomic E-state index is -4.23. The smallest absolute Gasteiger partial charge is 0.343 e. The van der Waals surface area contributed by atoms with Crippen LogP contribution in [0.3, 0.4) is 0 Å². The van der Waals surface area contributed by atoms with E-state index in [0.717, 1.165) is 17.1 Å². The van der Waals surface area contributed by atoms with Crippen LogP contribution in [-0.4, -0.2) is 73.0 Å². The predicted octanol–water partition coefficient (Wildman–Crippen LogP) is 1.48. The third-order valence-corrected chi connectivity index (χ3v) is 7.54. The minimum absolute atomic E-state index is 0.0696. The number of halogens is 1. The number of ether oxygens (including phenoxy) is 1. The number of imidazole rings is 1. The predicted molar refractivity (Wildman–Crippen MR) is 121 cm³/mol. The second-order valence-corrected chi connectivity index (χ2v) is 9.85. The van der Waals surface area contributed by atoms with E-state index < -0.39 is 15.7 Å². The molecule has 0 aliphatic carbocycles. The lowest BCUT2D eigenvalue weighted by Gasteiger charge is -2.32. The van der Waals surface area contributed by atoms with E-state index in [4.69, 9.17) is 16.3 Å². The van der Waals surface area contributed by atoms with Gasteiger partial charge in [0.25, 0.3) is 10.0 Å². The number of hydrogen-bond donors (Lipinski definition) is 0. The number of carbonyl (C=O) groups excluding carboxylic acids is 1. The van der Waals surface area contributed by atoms with Gasteiger partial charge in [0.15, 0.2) is 0 Å². The van der Waals surface area contributed by atoms with Gasteiger partial charge in [0.1, 0.15) is 12.3 Å². The summed E-state index contributed by atoms with van der Waals surface area (Å²) in [5, 5.41) is 0.331. The maximum Gasteiger partial charge on any atom is 0.343 e. The van der Waals surface area contributed by atoms with E-state index in [0.29, 0.717) is 23.9 Å². The fourth-order valence-corrected chi connectivity index (χ4v) is 5.30. The summed E-state index contributed by atoms with van der Waals surface area (Å²) in [5.74, 6) is 0.240. The topological polar surface area (TPSA) is 93.8 Å². The number of methoxy groups -OCH3 is 1. The third-order valence-electron chi connectivity index (χ3n) is 5.60. The molecule has 32 heavy (non-hydrogen) atoms. The van der Waals surface area contributed by atoms with E-state index in [-0.39, 0.29) is 28.4 Å². The van der Waals surface area contributed by atoms with Crippen LogP contribution < -0.4 is 10.4 Å². The Labute approximate surface area is 190 Å². The molecule has 4 rings (SSSR count). The first-order valence-electron chi connectivity index (χ1n) is 9.99. The summed E-state index contributed by atoms with van der Waals surface area (Å²) in [6.07, 6.45) is 0. The van der Waals surface area contributed by atoms with Gasteiger partial charge in [0.05, 0.1) is 23.0 Å². The molecule has 170 valence electrons. The van der Waals surface area contributed by atoms with Crippen molar-refractivity contribution in [3.05, 3.63) is 58.0 Å². The van der Waals surface area contributed by atoms with Crippen molar-refractivity contribution in [3.63, 3.8) is 0 Å². The number of hydrogen-bond acceptors (Lipinski definition) is 6. The first-order valence-corrected chi connectivity index (χ1v) is 11.8. The molecule has 2 aromatic carbocycles. The first-order chi connectivity index (χ1) is 15.2. The minimum Gasteiger partial charge on any atom is -0.497 e. The summed E-state index contributed by atoms with van der Waals surface area (Å²) in [5.41, 5.74) is -0.385. The fraction of sp³-hybridized carbons (Fsp3) is 0.333. The molecule has 0 spiro atoms. The van der Waals surface area contributed by atoms with Crippen LogP contribution in [0.5, 0.6) is 5.75 Å². The fourth-order valence-electron chi connectivity index (χ4n) is 3.73. The average Bonchev–Trinajstić information content (AvgIpc) is 3.05. The van der Waals surface area contributed by atoms with Gasteiger partial charge < -0.3 is 14.5 Å². The van der Waals surface area contributed by atoms with Crippen LogP contribution in [0.25, 0.3) is 11.0 Å². The van der Waals surface area contributed by atoms with Crippen molar-refractivity contribution in [2.24, 2.45) is 0 Å². The van der Waals surface area contributed by atoms with Crippen LogP contribution in [0, 0.1) is 0 Å². The van der Waals surface area contributed by atoms with Crippen molar-refractivity contribution >= 4 is 38.6 Å². The normalized spacial score (nSPS) is 15.3. The zero-order valence-electron chi connectivity index (χ0n) is 17.7. The monoisotopic (exact) mass is 478 g/mol. The molecule has 2 heterocycles. The van der Waals surface area contributed by atoms with Crippen LogP contribution in [-0.2, 0) is 21.4 Å². The molecule has 9 nitrogen and oxygen atoms in total. The molecule has 0 unspecified atom stereocenters. The quantitative estimate of drug-likeness (QED) is 0.551. The largest absolute Gasteiger partial charge is 0.497 e. The molecule has 0 atom stereocenters. The summed E-state index contributed by atoms with van der Waals surface area (Å²) in [7, 11) is -0.775. The highest BCUT2D eigenvalue weighted by atomic mass is 35.5. The van der Waals surface area contributed by atoms with Gasteiger partial charge in [-0.15, -0.1) is 0 Å². The van der Waals surface area contributed by atoms with E-state index in [2.05, 4.69) is 4.90 Å². The number of likely N-dealkylation sites (N-methyl/N-ethyl adjacent to an activating group) is 1. The van der Waals surface area contributed by atoms with E-state index in [1.807, 2.05) is 7.05 Å². The molecule has 0 saturated carbocycles. The number of piperazine rings is 1. The van der Waals surface area contributed by atoms with Crippen molar-refractivity contribution in [1.82, 2.24) is 18.3 Å². The van der Waals surface area contributed by atoms with Gasteiger partial charge in [0.2, 0.25) is 5.91 Å². The zero-order chi connectivity index (χ0) is 23.0. The molecule has 1 fully saturated rings. The number of fused-ring (bicyclic) bond motifs is 1. The Kier molecular flexibility index (Phi) is 6.02. The van der Waals surface area contributed by atoms with E-state index in [1.54, 1.807) is 4.90 Å². The van der Waals surface area contributed by atoms with Crippen LogP contribution in [0.4, 0.5) is 0 Å². The highest BCUT2D eigenvalue weighted by Gasteiger charge is 2.28. The van der Waals surface area contributed by atoms with Crippen LogP contribution in [0.2, 0.25) is 5.02 Å². The molecule has 0 radical (unpaired) electrons. The Morgan fingerprint density at radius 2 is 1.69 bits per heavy atom. The zero-order valence-corrected chi connectivity index (χ0v) is 19.3. The Balaban J connectivity index is 1.80. The van der Waals surface area contributed by atoms with Crippen LogP contribution in [0.15, 0.2) is 52.2 Å². The van der Waals surface area contributed by atoms with Gasteiger partial charge in [0, 0.05) is 31.2 Å². The molecule has 1 saturated heterocycles. The summed E-state index contributed by atoms with van der Waals surface area (Å²) in [4.78, 5) is 29.9. The van der Waals surface area contributed by atoms with Crippen LogP contribution in [0.1, 0.15) is 0 Å². The second kappa shape index (κ2) is 8.61. The lowest BCUT2D eigenvalue weighted by molar-refractivity contribution is -0.133. The van der Waals surface area contributed by atoms with Crippen molar-refractivity contribution in [3.8, 4) is 5.75 Å². The molecule has 0 bridgehead atoms. The van der Waals surface area contributed by atoms with Gasteiger partial charge in [-0.1, -0.05) is 11.6 Å². The van der Waals surface area contributed by atoms with E-state index in [1.165, 1.54) is 54.1 Å². The van der Waals surface area contributed by atoms with Gasteiger partial charge >= 0.3 is 5.69 Å². The molecule has 1 aromatic heterocycles.